The van der Waals surface area contributed by atoms with E-state index in [1.54, 1.807) is 30.5 Å². The summed E-state index contributed by atoms with van der Waals surface area (Å²) in [5, 5.41) is 14.5. The summed E-state index contributed by atoms with van der Waals surface area (Å²) in [4.78, 5) is 25.0. The lowest BCUT2D eigenvalue weighted by molar-refractivity contribution is 0.236. The fourth-order valence-electron chi connectivity index (χ4n) is 4.49. The number of phenolic OH excluding ortho intramolecular Hbond substituents is 1. The molecule has 2 aromatic heterocycles. The van der Waals surface area contributed by atoms with Crippen LogP contribution in [0, 0.1) is 6.92 Å². The van der Waals surface area contributed by atoms with Gasteiger partial charge in [-0.1, -0.05) is 23.7 Å². The summed E-state index contributed by atoms with van der Waals surface area (Å²) in [5.74, 6) is 0.0822. The average Bonchev–Trinajstić information content (AvgIpc) is 2.76. The van der Waals surface area contributed by atoms with Gasteiger partial charge in [0.1, 0.15) is 12.1 Å². The van der Waals surface area contributed by atoms with E-state index in [1.807, 2.05) is 19.1 Å². The van der Waals surface area contributed by atoms with Crippen LogP contribution in [0.2, 0.25) is 5.02 Å². The Balaban J connectivity index is 1.72. The number of hydrogen-bond acceptors (Lipinski definition) is 6. The lowest BCUT2D eigenvalue weighted by Gasteiger charge is -2.32. The third kappa shape index (κ3) is 4.42. The molecule has 174 valence electrons. The van der Waals surface area contributed by atoms with Crippen LogP contribution >= 0.6 is 11.6 Å². The van der Waals surface area contributed by atoms with Gasteiger partial charge in [0.25, 0.3) is 5.56 Å². The average molecular weight is 476 g/mol. The molecule has 0 saturated carbocycles. The molecule has 1 aliphatic heterocycles. The van der Waals surface area contributed by atoms with Crippen molar-refractivity contribution in [3.8, 4) is 22.6 Å². The molecule has 3 heterocycles. The minimum Gasteiger partial charge on any atom is -0.508 e. The Hall–Kier alpha value is -3.26. The van der Waals surface area contributed by atoms with Crippen molar-refractivity contribution in [2.75, 3.05) is 20.1 Å². The number of aromatic nitrogens is 3. The van der Waals surface area contributed by atoms with Gasteiger partial charge in [-0.15, -0.1) is 0 Å². The summed E-state index contributed by atoms with van der Waals surface area (Å²) in [6.07, 6.45) is 4.39. The van der Waals surface area contributed by atoms with E-state index >= 15 is 0 Å². The van der Waals surface area contributed by atoms with E-state index in [0.717, 1.165) is 41.8 Å². The smallest absolute Gasteiger partial charge is 0.267 e. The van der Waals surface area contributed by atoms with Gasteiger partial charge in [-0.2, -0.15) is 0 Å². The number of benzene rings is 2. The first-order valence-electron chi connectivity index (χ1n) is 11.3. The van der Waals surface area contributed by atoms with Gasteiger partial charge < -0.3 is 15.3 Å². The van der Waals surface area contributed by atoms with Crippen molar-refractivity contribution in [1.29, 1.82) is 0 Å². The lowest BCUT2D eigenvalue weighted by Crippen LogP contribution is -2.49. The minimum absolute atomic E-state index is 0.0822. The topological polar surface area (TPSA) is 83.3 Å². The van der Waals surface area contributed by atoms with Gasteiger partial charge in [0.2, 0.25) is 0 Å². The number of aromatic hydroxyl groups is 1. The van der Waals surface area contributed by atoms with E-state index in [0.29, 0.717) is 34.3 Å². The molecular formula is C26H26ClN5O2. The summed E-state index contributed by atoms with van der Waals surface area (Å²) in [6, 6.07) is 12.9. The lowest BCUT2D eigenvalue weighted by atomic mass is 9.97. The highest BCUT2D eigenvalue weighted by Crippen LogP contribution is 2.31. The van der Waals surface area contributed by atoms with Crippen LogP contribution in [0.15, 0.2) is 59.8 Å². The molecule has 2 N–H and O–H groups in total. The first kappa shape index (κ1) is 22.5. The highest BCUT2D eigenvalue weighted by molar-refractivity contribution is 6.31. The SMILES string of the molecule is Cc1cc(Cl)cc(-c2cnc3ncn(-c4cccc(O)c4)c(=O)c3c2CN(C)C[C@@H]2CCN2)c1. The molecule has 2 aromatic carbocycles. The van der Waals surface area contributed by atoms with Crippen molar-refractivity contribution in [2.24, 2.45) is 0 Å². The van der Waals surface area contributed by atoms with Crippen molar-refractivity contribution < 1.29 is 5.11 Å². The quantitative estimate of drug-likeness (QED) is 0.440. The highest BCUT2D eigenvalue weighted by atomic mass is 35.5. The van der Waals surface area contributed by atoms with Crippen LogP contribution in [0.3, 0.4) is 0 Å². The second-order valence-corrected chi connectivity index (χ2v) is 9.38. The number of rotatable bonds is 6. The summed E-state index contributed by atoms with van der Waals surface area (Å²) >= 11 is 6.38. The first-order valence-corrected chi connectivity index (χ1v) is 11.6. The zero-order chi connectivity index (χ0) is 23.8. The monoisotopic (exact) mass is 475 g/mol. The zero-order valence-corrected chi connectivity index (χ0v) is 19.9. The molecule has 4 aromatic rings. The number of aryl methyl sites for hydroxylation is 1. The molecule has 0 radical (unpaired) electrons. The van der Waals surface area contributed by atoms with Crippen molar-refractivity contribution in [3.05, 3.63) is 81.5 Å². The maximum Gasteiger partial charge on any atom is 0.267 e. The molecule has 0 aliphatic carbocycles. The van der Waals surface area contributed by atoms with Gasteiger partial charge in [-0.25, -0.2) is 9.97 Å². The van der Waals surface area contributed by atoms with E-state index in [4.69, 9.17) is 11.6 Å². The van der Waals surface area contributed by atoms with Crippen molar-refractivity contribution >= 4 is 22.6 Å². The van der Waals surface area contributed by atoms with Gasteiger partial charge in [0.15, 0.2) is 5.65 Å². The van der Waals surface area contributed by atoms with Gasteiger partial charge in [-0.05, 0) is 67.9 Å². The molecule has 1 saturated heterocycles. The third-order valence-electron chi connectivity index (χ3n) is 6.24. The number of nitrogens with zero attached hydrogens (tertiary/aromatic N) is 4. The van der Waals surface area contributed by atoms with Gasteiger partial charge >= 0.3 is 0 Å². The predicted molar refractivity (Wildman–Crippen MR) is 135 cm³/mol. The van der Waals surface area contributed by atoms with Crippen LogP contribution in [0.4, 0.5) is 0 Å². The Morgan fingerprint density at radius 3 is 2.76 bits per heavy atom. The Labute approximate surface area is 202 Å². The normalized spacial score (nSPS) is 15.6. The van der Waals surface area contributed by atoms with Crippen LogP contribution in [0.25, 0.3) is 27.8 Å². The van der Waals surface area contributed by atoms with Crippen LogP contribution in [-0.2, 0) is 6.54 Å². The molecule has 0 bridgehead atoms. The number of phenols is 1. The fourth-order valence-corrected chi connectivity index (χ4v) is 4.78. The second kappa shape index (κ2) is 9.18. The van der Waals surface area contributed by atoms with E-state index in [-0.39, 0.29) is 11.3 Å². The largest absolute Gasteiger partial charge is 0.508 e. The number of fused-ring (bicyclic) bond motifs is 1. The number of nitrogens with one attached hydrogen (secondary N) is 1. The summed E-state index contributed by atoms with van der Waals surface area (Å²) in [7, 11) is 2.06. The van der Waals surface area contributed by atoms with Crippen molar-refractivity contribution in [3.63, 3.8) is 0 Å². The maximum atomic E-state index is 13.8. The van der Waals surface area contributed by atoms with Crippen LogP contribution < -0.4 is 10.9 Å². The fraction of sp³-hybridized carbons (Fsp3) is 0.269. The molecular weight excluding hydrogens is 450 g/mol. The molecule has 1 atom stereocenters. The van der Waals surface area contributed by atoms with Crippen molar-refractivity contribution in [1.82, 2.24) is 24.8 Å². The van der Waals surface area contributed by atoms with E-state index in [9.17, 15) is 9.90 Å². The van der Waals surface area contributed by atoms with Gasteiger partial charge in [-0.3, -0.25) is 9.36 Å². The molecule has 5 rings (SSSR count). The summed E-state index contributed by atoms with van der Waals surface area (Å²) in [5.41, 5.74) is 4.38. The summed E-state index contributed by atoms with van der Waals surface area (Å²) in [6.45, 7) is 4.47. The van der Waals surface area contributed by atoms with Crippen LogP contribution in [0.5, 0.6) is 5.75 Å². The highest BCUT2D eigenvalue weighted by Gasteiger charge is 2.22. The number of likely N-dealkylation sites (N-methyl/N-ethyl adjacent to an activating group) is 1. The first-order chi connectivity index (χ1) is 16.4. The Morgan fingerprint density at radius 1 is 1.24 bits per heavy atom. The maximum absolute atomic E-state index is 13.8. The Bertz CT molecular complexity index is 1410. The molecule has 7 nitrogen and oxygen atoms in total. The minimum atomic E-state index is -0.228. The van der Waals surface area contributed by atoms with Gasteiger partial charge in [0, 0.05) is 42.0 Å². The number of pyridine rings is 1. The summed E-state index contributed by atoms with van der Waals surface area (Å²) < 4.78 is 1.45. The second-order valence-electron chi connectivity index (χ2n) is 8.94. The van der Waals surface area contributed by atoms with E-state index in [2.05, 4.69) is 33.3 Å². The van der Waals surface area contributed by atoms with Crippen molar-refractivity contribution in [2.45, 2.75) is 25.9 Å². The van der Waals surface area contributed by atoms with E-state index in [1.165, 1.54) is 10.9 Å². The molecule has 0 spiro atoms. The molecule has 8 heteroatoms. The molecule has 0 unspecified atom stereocenters. The molecule has 34 heavy (non-hydrogen) atoms. The number of halogens is 1. The van der Waals surface area contributed by atoms with E-state index < -0.39 is 0 Å². The zero-order valence-electron chi connectivity index (χ0n) is 19.1. The Kier molecular flexibility index (Phi) is 6.08. The predicted octanol–water partition coefficient (Wildman–Crippen LogP) is 3.91. The Morgan fingerprint density at radius 2 is 2.06 bits per heavy atom. The van der Waals surface area contributed by atoms with Crippen LogP contribution in [-0.4, -0.2) is 50.7 Å². The molecule has 0 amide bonds. The van der Waals surface area contributed by atoms with Crippen LogP contribution in [0.1, 0.15) is 17.5 Å². The number of hydrogen-bond donors (Lipinski definition) is 2. The third-order valence-corrected chi connectivity index (χ3v) is 6.46. The molecule has 1 fully saturated rings. The van der Waals surface area contributed by atoms with Gasteiger partial charge in [0.05, 0.1) is 11.1 Å². The molecule has 1 aliphatic rings. The standard InChI is InChI=1S/C26H26ClN5O2/c1-16-8-17(10-18(27)9-16)22-12-29-25-24(23(22)14-31(2)13-19-6-7-28-19)26(34)32(15-30-25)20-4-3-5-21(33)11-20/h3-5,8-12,15,19,28,33H,6-7,13-14H2,1-2H3/t19-/m0/s1.